The number of fused-ring (bicyclic) bond motifs is 1. The molecule has 2 saturated heterocycles. The molecule has 2 heterocycles. The lowest BCUT2D eigenvalue weighted by molar-refractivity contribution is -0.155. The highest BCUT2D eigenvalue weighted by Crippen LogP contribution is 2.41. The molecule has 2 aliphatic rings. The molecule has 5 nitrogen and oxygen atoms in total. The molecule has 2 fully saturated rings. The van der Waals surface area contributed by atoms with E-state index in [9.17, 15) is 9.59 Å². The van der Waals surface area contributed by atoms with E-state index in [-0.39, 0.29) is 18.0 Å². The van der Waals surface area contributed by atoms with E-state index in [0.29, 0.717) is 25.8 Å². The van der Waals surface area contributed by atoms with Crippen LogP contribution in [-0.2, 0) is 19.1 Å². The van der Waals surface area contributed by atoms with Gasteiger partial charge in [0.1, 0.15) is 5.54 Å². The zero-order chi connectivity index (χ0) is 11.1. The lowest BCUT2D eigenvalue weighted by atomic mass is 9.93. The molecule has 0 bridgehead atoms. The highest BCUT2D eigenvalue weighted by Gasteiger charge is 2.57. The molecular weight excluding hydrogens is 198 g/mol. The fourth-order valence-corrected chi connectivity index (χ4v) is 2.60. The van der Waals surface area contributed by atoms with E-state index in [1.165, 1.54) is 7.11 Å². The van der Waals surface area contributed by atoms with Gasteiger partial charge in [-0.1, -0.05) is 0 Å². The third kappa shape index (κ3) is 1.33. The Morgan fingerprint density at radius 1 is 1.53 bits per heavy atom. The number of esters is 1. The minimum Gasteiger partial charge on any atom is -0.467 e. The summed E-state index contributed by atoms with van der Waals surface area (Å²) in [5.74, 6) is -0.284. The fraction of sp³-hybridized carbons (Fsp3) is 0.800. The summed E-state index contributed by atoms with van der Waals surface area (Å²) in [6.45, 7) is 0.504. The molecule has 84 valence electrons. The van der Waals surface area contributed by atoms with E-state index < -0.39 is 5.54 Å². The molecule has 2 aliphatic heterocycles. The summed E-state index contributed by atoms with van der Waals surface area (Å²) < 4.78 is 10.0. The largest absolute Gasteiger partial charge is 0.467 e. The average Bonchev–Trinajstić information content (AvgIpc) is 2.76. The van der Waals surface area contributed by atoms with Crippen LogP contribution in [-0.4, -0.2) is 49.2 Å². The summed E-state index contributed by atoms with van der Waals surface area (Å²) in [5, 5.41) is 0. The van der Waals surface area contributed by atoms with Gasteiger partial charge in [-0.2, -0.15) is 0 Å². The van der Waals surface area contributed by atoms with Crippen molar-refractivity contribution in [2.24, 2.45) is 0 Å². The van der Waals surface area contributed by atoms with Gasteiger partial charge >= 0.3 is 5.97 Å². The molecule has 0 saturated carbocycles. The second-order valence-corrected chi connectivity index (χ2v) is 4.09. The lowest BCUT2D eigenvalue weighted by Gasteiger charge is -2.28. The Morgan fingerprint density at radius 2 is 2.27 bits per heavy atom. The molecule has 0 aliphatic carbocycles. The van der Waals surface area contributed by atoms with Gasteiger partial charge in [0.05, 0.1) is 13.2 Å². The summed E-state index contributed by atoms with van der Waals surface area (Å²) in [6, 6.07) is 0. The van der Waals surface area contributed by atoms with Crippen LogP contribution >= 0.6 is 0 Å². The highest BCUT2D eigenvalue weighted by molar-refractivity contribution is 5.92. The molecule has 15 heavy (non-hydrogen) atoms. The van der Waals surface area contributed by atoms with E-state index in [4.69, 9.17) is 9.47 Å². The van der Waals surface area contributed by atoms with Crippen LogP contribution in [0.5, 0.6) is 0 Å². The second kappa shape index (κ2) is 3.48. The molecule has 2 atom stereocenters. The van der Waals surface area contributed by atoms with Crippen LogP contribution in [0.4, 0.5) is 0 Å². The number of nitrogens with zero attached hydrogens (tertiary/aromatic N) is 1. The molecule has 0 spiro atoms. The maximum Gasteiger partial charge on any atom is 0.331 e. The highest BCUT2D eigenvalue weighted by atomic mass is 16.5. The van der Waals surface area contributed by atoms with Crippen LogP contribution in [0.15, 0.2) is 0 Å². The van der Waals surface area contributed by atoms with E-state index in [1.54, 1.807) is 12.0 Å². The molecular formula is C10H15NO4. The number of methoxy groups -OCH3 is 2. The number of hydrogen-bond donors (Lipinski definition) is 0. The third-order valence-corrected chi connectivity index (χ3v) is 3.42. The smallest absolute Gasteiger partial charge is 0.331 e. The van der Waals surface area contributed by atoms with Gasteiger partial charge in [0.15, 0.2) is 0 Å². The van der Waals surface area contributed by atoms with Crippen LogP contribution in [0.1, 0.15) is 19.3 Å². The molecule has 0 radical (unpaired) electrons. The average molecular weight is 213 g/mol. The van der Waals surface area contributed by atoms with Crippen molar-refractivity contribution in [1.29, 1.82) is 0 Å². The summed E-state index contributed by atoms with van der Waals surface area (Å²) in [5.41, 5.74) is -0.744. The van der Waals surface area contributed by atoms with Crippen molar-refractivity contribution < 1.29 is 19.1 Å². The first kappa shape index (κ1) is 10.4. The predicted molar refractivity (Wildman–Crippen MR) is 51.1 cm³/mol. The maximum atomic E-state index is 11.8. The molecule has 0 unspecified atom stereocenters. The number of ether oxygens (including phenoxy) is 2. The summed E-state index contributed by atoms with van der Waals surface area (Å²) in [6.07, 6.45) is 1.50. The summed E-state index contributed by atoms with van der Waals surface area (Å²) in [4.78, 5) is 25.0. The fourth-order valence-electron chi connectivity index (χ4n) is 2.60. The normalized spacial score (nSPS) is 34.4. The van der Waals surface area contributed by atoms with E-state index in [0.717, 1.165) is 0 Å². The molecule has 0 aromatic carbocycles. The SMILES string of the molecule is COC(=O)[C@@]12CCC(=O)N1C[C@H](OC)C2. The molecule has 1 amide bonds. The van der Waals surface area contributed by atoms with Gasteiger partial charge in [0.25, 0.3) is 0 Å². The quantitative estimate of drug-likeness (QED) is 0.603. The number of carbonyl (C=O) groups is 2. The van der Waals surface area contributed by atoms with Crippen molar-refractivity contribution in [2.45, 2.75) is 30.9 Å². The zero-order valence-corrected chi connectivity index (χ0v) is 8.99. The van der Waals surface area contributed by atoms with Crippen LogP contribution in [0.3, 0.4) is 0 Å². The van der Waals surface area contributed by atoms with Crippen molar-refractivity contribution in [3.63, 3.8) is 0 Å². The first-order chi connectivity index (χ1) is 7.14. The number of carbonyl (C=O) groups excluding carboxylic acids is 2. The summed E-state index contributed by atoms with van der Waals surface area (Å²) in [7, 11) is 2.96. The predicted octanol–water partition coefficient (Wildman–Crippen LogP) is -0.0607. The van der Waals surface area contributed by atoms with Crippen molar-refractivity contribution in [3.8, 4) is 0 Å². The first-order valence-corrected chi connectivity index (χ1v) is 5.06. The lowest BCUT2D eigenvalue weighted by Crippen LogP contribution is -2.47. The Kier molecular flexibility index (Phi) is 2.42. The Bertz CT molecular complexity index is 304. The monoisotopic (exact) mass is 213 g/mol. The van der Waals surface area contributed by atoms with Crippen molar-refractivity contribution in [2.75, 3.05) is 20.8 Å². The standard InChI is InChI=1S/C10H15NO4/c1-14-7-5-10(9(13)15-2)4-3-8(12)11(10)6-7/h7H,3-6H2,1-2H3/t7-,10+/m1/s1. The molecule has 0 N–H and O–H groups in total. The topological polar surface area (TPSA) is 55.8 Å². The number of rotatable bonds is 2. The van der Waals surface area contributed by atoms with Crippen molar-refractivity contribution in [1.82, 2.24) is 4.90 Å². The Hall–Kier alpha value is -1.10. The second-order valence-electron chi connectivity index (χ2n) is 4.09. The molecule has 5 heteroatoms. The van der Waals surface area contributed by atoms with Gasteiger partial charge in [0.2, 0.25) is 5.91 Å². The van der Waals surface area contributed by atoms with Gasteiger partial charge in [0, 0.05) is 26.5 Å². The molecule has 0 aromatic heterocycles. The number of hydrogen-bond acceptors (Lipinski definition) is 4. The van der Waals surface area contributed by atoms with Gasteiger partial charge in [-0.05, 0) is 6.42 Å². The molecule has 2 rings (SSSR count). The van der Waals surface area contributed by atoms with Gasteiger partial charge < -0.3 is 14.4 Å². The van der Waals surface area contributed by atoms with Gasteiger partial charge in [-0.25, -0.2) is 4.79 Å². The summed E-state index contributed by atoms with van der Waals surface area (Å²) >= 11 is 0. The Balaban J connectivity index is 2.27. The Labute approximate surface area is 88.3 Å². The zero-order valence-electron chi connectivity index (χ0n) is 8.99. The third-order valence-electron chi connectivity index (χ3n) is 3.42. The van der Waals surface area contributed by atoms with E-state index in [2.05, 4.69) is 0 Å². The van der Waals surface area contributed by atoms with Crippen molar-refractivity contribution in [3.05, 3.63) is 0 Å². The van der Waals surface area contributed by atoms with Crippen LogP contribution < -0.4 is 0 Å². The number of amides is 1. The first-order valence-electron chi connectivity index (χ1n) is 5.06. The van der Waals surface area contributed by atoms with E-state index >= 15 is 0 Å². The maximum absolute atomic E-state index is 11.8. The van der Waals surface area contributed by atoms with Crippen LogP contribution in [0, 0.1) is 0 Å². The van der Waals surface area contributed by atoms with Gasteiger partial charge in [-0.15, -0.1) is 0 Å². The van der Waals surface area contributed by atoms with E-state index in [1.807, 2.05) is 0 Å². The van der Waals surface area contributed by atoms with Crippen LogP contribution in [0.2, 0.25) is 0 Å². The van der Waals surface area contributed by atoms with Crippen molar-refractivity contribution >= 4 is 11.9 Å². The minimum absolute atomic E-state index is 0.0277. The molecule has 0 aromatic rings. The van der Waals surface area contributed by atoms with Gasteiger partial charge in [-0.3, -0.25) is 4.79 Å². The minimum atomic E-state index is -0.744. The van der Waals surface area contributed by atoms with Crippen LogP contribution in [0.25, 0.3) is 0 Å². The Morgan fingerprint density at radius 3 is 2.87 bits per heavy atom.